The molecule has 0 amide bonds. The van der Waals surface area contributed by atoms with E-state index in [0.29, 0.717) is 6.42 Å². The third-order valence-corrected chi connectivity index (χ3v) is 1.84. The predicted octanol–water partition coefficient (Wildman–Crippen LogP) is 2.39. The van der Waals surface area contributed by atoms with Crippen molar-refractivity contribution in [2.75, 3.05) is 0 Å². The van der Waals surface area contributed by atoms with Crippen molar-refractivity contribution in [2.45, 2.75) is 13.3 Å². The van der Waals surface area contributed by atoms with Gasteiger partial charge < -0.3 is 4.79 Å². The van der Waals surface area contributed by atoms with Gasteiger partial charge in [0.1, 0.15) is 6.29 Å². The van der Waals surface area contributed by atoms with Crippen molar-refractivity contribution >= 4 is 17.9 Å². The molecule has 0 N–H and O–H groups in total. The molecular weight excluding hydrogens is 160 g/mol. The second-order valence-electron chi connectivity index (χ2n) is 2.44. The summed E-state index contributed by atoms with van der Waals surface area (Å²) in [5.41, 5.74) is 2.12. The van der Waals surface area contributed by atoms with Crippen LogP contribution in [0.15, 0.2) is 18.2 Å². The lowest BCUT2D eigenvalue weighted by molar-refractivity contribution is -0.107. The van der Waals surface area contributed by atoms with Crippen molar-refractivity contribution in [1.29, 1.82) is 0 Å². The van der Waals surface area contributed by atoms with Gasteiger partial charge in [0, 0.05) is 11.4 Å². The molecule has 0 saturated carbocycles. The van der Waals surface area contributed by atoms with Gasteiger partial charge in [-0.15, -0.1) is 0 Å². The zero-order valence-electron chi connectivity index (χ0n) is 6.30. The highest BCUT2D eigenvalue weighted by atomic mass is 35.5. The second-order valence-corrected chi connectivity index (χ2v) is 2.88. The van der Waals surface area contributed by atoms with Crippen molar-refractivity contribution < 1.29 is 4.79 Å². The molecule has 0 atom stereocenters. The Morgan fingerprint density at radius 2 is 2.27 bits per heavy atom. The van der Waals surface area contributed by atoms with E-state index in [4.69, 9.17) is 11.6 Å². The number of hydrogen-bond donors (Lipinski definition) is 0. The van der Waals surface area contributed by atoms with Gasteiger partial charge in [-0.05, 0) is 30.2 Å². The zero-order valence-corrected chi connectivity index (χ0v) is 7.06. The molecule has 1 aromatic carbocycles. The van der Waals surface area contributed by atoms with Gasteiger partial charge in [0.05, 0.1) is 0 Å². The maximum atomic E-state index is 10.2. The van der Waals surface area contributed by atoms with Crippen LogP contribution in [0.4, 0.5) is 0 Å². The first-order valence-electron chi connectivity index (χ1n) is 3.42. The standard InChI is InChI=1S/C9H9ClO/c1-7-6-9(10)3-2-8(7)4-5-11/h2-3,5-6H,4H2,1H3. The molecule has 0 bridgehead atoms. The second kappa shape index (κ2) is 3.54. The van der Waals surface area contributed by atoms with E-state index >= 15 is 0 Å². The van der Waals surface area contributed by atoms with Gasteiger partial charge in [-0.3, -0.25) is 0 Å². The minimum absolute atomic E-state index is 0.475. The normalized spacial score (nSPS) is 9.64. The Morgan fingerprint density at radius 1 is 1.55 bits per heavy atom. The fourth-order valence-corrected chi connectivity index (χ4v) is 1.20. The Hall–Kier alpha value is -0.820. The van der Waals surface area contributed by atoms with Crippen molar-refractivity contribution in [3.05, 3.63) is 34.3 Å². The summed E-state index contributed by atoms with van der Waals surface area (Å²) in [4.78, 5) is 10.2. The molecule has 0 fully saturated rings. The molecule has 0 spiro atoms. The molecule has 1 nitrogen and oxygen atoms in total. The van der Waals surface area contributed by atoms with E-state index < -0.39 is 0 Å². The van der Waals surface area contributed by atoms with Crippen LogP contribution in [0, 0.1) is 6.92 Å². The van der Waals surface area contributed by atoms with Crippen molar-refractivity contribution in [3.63, 3.8) is 0 Å². The van der Waals surface area contributed by atoms with E-state index in [1.807, 2.05) is 19.1 Å². The molecule has 0 aliphatic rings. The molecule has 0 unspecified atom stereocenters. The molecular formula is C9H9ClO. The largest absolute Gasteiger partial charge is 0.303 e. The number of rotatable bonds is 2. The lowest BCUT2D eigenvalue weighted by atomic mass is 10.1. The number of halogens is 1. The molecule has 0 radical (unpaired) electrons. The molecule has 0 aliphatic heterocycles. The molecule has 0 aliphatic carbocycles. The number of aryl methyl sites for hydroxylation is 1. The first-order chi connectivity index (χ1) is 5.24. The van der Waals surface area contributed by atoms with E-state index in [-0.39, 0.29) is 0 Å². The van der Waals surface area contributed by atoms with E-state index in [2.05, 4.69) is 0 Å². The Balaban J connectivity index is 2.98. The number of benzene rings is 1. The van der Waals surface area contributed by atoms with Crippen LogP contribution < -0.4 is 0 Å². The summed E-state index contributed by atoms with van der Waals surface area (Å²) in [5, 5.41) is 0.720. The van der Waals surface area contributed by atoms with Gasteiger partial charge in [0.25, 0.3) is 0 Å². The average Bonchev–Trinajstić information content (AvgIpc) is 1.95. The summed E-state index contributed by atoms with van der Waals surface area (Å²) in [5.74, 6) is 0. The lowest BCUT2D eigenvalue weighted by Gasteiger charge is -2.00. The van der Waals surface area contributed by atoms with Gasteiger partial charge in [-0.2, -0.15) is 0 Å². The fraction of sp³-hybridized carbons (Fsp3) is 0.222. The first-order valence-corrected chi connectivity index (χ1v) is 3.80. The number of aldehydes is 1. The van der Waals surface area contributed by atoms with Gasteiger partial charge in [0.2, 0.25) is 0 Å². The number of carbonyl (C=O) groups excluding carboxylic acids is 1. The first kappa shape index (κ1) is 8.28. The minimum atomic E-state index is 0.475. The zero-order chi connectivity index (χ0) is 8.27. The summed E-state index contributed by atoms with van der Waals surface area (Å²) >= 11 is 5.73. The van der Waals surface area contributed by atoms with Crippen molar-refractivity contribution in [3.8, 4) is 0 Å². The summed E-state index contributed by atoms with van der Waals surface area (Å²) < 4.78 is 0. The molecule has 0 heterocycles. The van der Waals surface area contributed by atoms with Gasteiger partial charge in [0.15, 0.2) is 0 Å². The summed E-state index contributed by atoms with van der Waals surface area (Å²) in [6.45, 7) is 1.95. The van der Waals surface area contributed by atoms with E-state index in [1.54, 1.807) is 6.07 Å². The number of carbonyl (C=O) groups is 1. The highest BCUT2D eigenvalue weighted by Crippen LogP contribution is 2.14. The Morgan fingerprint density at radius 3 is 2.82 bits per heavy atom. The van der Waals surface area contributed by atoms with Crippen LogP contribution in [0.2, 0.25) is 5.02 Å². The smallest absolute Gasteiger partial charge is 0.124 e. The molecule has 2 heteroatoms. The Labute approximate surface area is 71.0 Å². The van der Waals surface area contributed by atoms with E-state index in [9.17, 15) is 4.79 Å². The third kappa shape index (κ3) is 2.05. The molecule has 0 aromatic heterocycles. The van der Waals surface area contributed by atoms with Crippen LogP contribution in [0.5, 0.6) is 0 Å². The molecule has 11 heavy (non-hydrogen) atoms. The predicted molar refractivity (Wildman–Crippen MR) is 46.0 cm³/mol. The highest BCUT2D eigenvalue weighted by molar-refractivity contribution is 6.30. The maximum absolute atomic E-state index is 10.2. The van der Waals surface area contributed by atoms with Crippen LogP contribution >= 0.6 is 11.6 Å². The number of hydrogen-bond acceptors (Lipinski definition) is 1. The van der Waals surface area contributed by atoms with Crippen LogP contribution in [0.25, 0.3) is 0 Å². The quantitative estimate of drug-likeness (QED) is 0.620. The fourth-order valence-electron chi connectivity index (χ4n) is 0.978. The highest BCUT2D eigenvalue weighted by Gasteiger charge is 1.96. The Bertz CT molecular complexity index is 268. The van der Waals surface area contributed by atoms with E-state index in [1.165, 1.54) is 0 Å². The summed E-state index contributed by atoms with van der Waals surface area (Å²) in [6, 6.07) is 5.54. The summed E-state index contributed by atoms with van der Waals surface area (Å²) in [6.07, 6.45) is 1.37. The molecule has 0 saturated heterocycles. The Kier molecular flexibility index (Phi) is 2.66. The third-order valence-electron chi connectivity index (χ3n) is 1.61. The van der Waals surface area contributed by atoms with Crippen molar-refractivity contribution in [1.82, 2.24) is 0 Å². The van der Waals surface area contributed by atoms with Gasteiger partial charge in [-0.1, -0.05) is 17.7 Å². The average molecular weight is 169 g/mol. The van der Waals surface area contributed by atoms with Crippen LogP contribution in [0.1, 0.15) is 11.1 Å². The van der Waals surface area contributed by atoms with Gasteiger partial charge >= 0.3 is 0 Å². The SMILES string of the molecule is Cc1cc(Cl)ccc1CC=O. The van der Waals surface area contributed by atoms with Crippen LogP contribution in [-0.4, -0.2) is 6.29 Å². The van der Waals surface area contributed by atoms with E-state index in [0.717, 1.165) is 22.4 Å². The summed E-state index contributed by atoms with van der Waals surface area (Å²) in [7, 11) is 0. The lowest BCUT2D eigenvalue weighted by Crippen LogP contribution is -1.89. The van der Waals surface area contributed by atoms with Crippen LogP contribution in [0.3, 0.4) is 0 Å². The minimum Gasteiger partial charge on any atom is -0.303 e. The monoisotopic (exact) mass is 168 g/mol. The molecule has 58 valence electrons. The molecule has 1 aromatic rings. The van der Waals surface area contributed by atoms with Crippen LogP contribution in [-0.2, 0) is 11.2 Å². The molecule has 1 rings (SSSR count). The van der Waals surface area contributed by atoms with Gasteiger partial charge in [-0.25, -0.2) is 0 Å². The maximum Gasteiger partial charge on any atom is 0.124 e. The topological polar surface area (TPSA) is 17.1 Å². The van der Waals surface area contributed by atoms with Crippen molar-refractivity contribution in [2.24, 2.45) is 0 Å².